The molecule has 29 heavy (non-hydrogen) atoms. The smallest absolute Gasteiger partial charge is 0.328 e. The first-order valence-electron chi connectivity index (χ1n) is 9.19. The van der Waals surface area contributed by atoms with Gasteiger partial charge >= 0.3 is 7.60 Å². The minimum Gasteiger partial charge on any atom is -0.387 e. The average molecular weight is 449 g/mol. The molecule has 2 aromatic heterocycles. The van der Waals surface area contributed by atoms with Crippen LogP contribution >= 0.6 is 19.2 Å². The number of ether oxygens (including phenoxy) is 1. The summed E-state index contributed by atoms with van der Waals surface area (Å²) >= 11 is 6.07. The monoisotopic (exact) mass is 448 g/mol. The highest BCUT2D eigenvalue weighted by atomic mass is 35.5. The lowest BCUT2D eigenvalue weighted by Crippen LogP contribution is -2.31. The van der Waals surface area contributed by atoms with E-state index >= 15 is 0 Å². The lowest BCUT2D eigenvalue weighted by Gasteiger charge is -2.17. The molecular weight excluding hydrogens is 428 g/mol. The Morgan fingerprint density at radius 3 is 2.86 bits per heavy atom. The second-order valence-electron chi connectivity index (χ2n) is 7.22. The van der Waals surface area contributed by atoms with Gasteiger partial charge in [0.15, 0.2) is 29.4 Å². The fourth-order valence-electron chi connectivity index (χ4n) is 3.70. The molecule has 1 unspecified atom stereocenters. The summed E-state index contributed by atoms with van der Waals surface area (Å²) in [5, 5.41) is 13.4. The standard InChI is InChI=1S/C16H21ClFN5O5P/c1-29(25,26)27-6-9-12(24)10(18)15(28-9)23-7-19-11-13(20-8-4-2-3-5-8)21-16(17)22-14(11)23/h7-10,12,15,24H,1-6H2,(H,25,26)(H,20,21,22)/t9-,10+,12-,15-/m1/s1. The Morgan fingerprint density at radius 2 is 2.17 bits per heavy atom. The Balaban J connectivity index is 1.60. The Kier molecular flexibility index (Phi) is 5.80. The van der Waals surface area contributed by atoms with Gasteiger partial charge in [-0.25, -0.2) is 9.37 Å². The van der Waals surface area contributed by atoms with E-state index in [2.05, 4.69) is 31.5 Å². The lowest BCUT2D eigenvalue weighted by molar-refractivity contribution is -0.0422. The van der Waals surface area contributed by atoms with E-state index in [4.69, 9.17) is 21.2 Å². The number of imidazole rings is 1. The molecule has 13 heteroatoms. The van der Waals surface area contributed by atoms with Gasteiger partial charge in [0.05, 0.1) is 19.6 Å². The third-order valence-corrected chi connectivity index (χ3v) is 5.82. The van der Waals surface area contributed by atoms with Crippen LogP contribution in [-0.4, -0.2) is 60.5 Å². The fourth-order valence-corrected chi connectivity index (χ4v) is 4.24. The van der Waals surface area contributed by atoms with E-state index < -0.39 is 38.8 Å². The summed E-state index contributed by atoms with van der Waals surface area (Å²) in [5.41, 5.74) is 0.654. The third-order valence-electron chi connectivity index (χ3n) is 5.10. The van der Waals surface area contributed by atoms with Crippen molar-refractivity contribution in [2.24, 2.45) is 0 Å². The number of hydrogen-bond donors (Lipinski definition) is 3. The van der Waals surface area contributed by atoms with Gasteiger partial charge in [-0.3, -0.25) is 9.13 Å². The van der Waals surface area contributed by atoms with Gasteiger partial charge in [0.2, 0.25) is 5.28 Å². The van der Waals surface area contributed by atoms with Gasteiger partial charge in [0.1, 0.15) is 12.2 Å². The summed E-state index contributed by atoms with van der Waals surface area (Å²) in [6.45, 7) is 2.46. The Hall–Kier alpha value is -1.36. The highest BCUT2D eigenvalue weighted by Gasteiger charge is 2.46. The van der Waals surface area contributed by atoms with E-state index in [0.29, 0.717) is 11.3 Å². The minimum absolute atomic E-state index is 0.0353. The van der Waals surface area contributed by atoms with Crippen molar-refractivity contribution in [3.05, 3.63) is 18.3 Å². The second kappa shape index (κ2) is 8.05. The first-order chi connectivity index (χ1) is 13.7. The van der Waals surface area contributed by atoms with Crippen molar-refractivity contribution in [1.82, 2.24) is 19.5 Å². The highest BCUT2D eigenvalue weighted by molar-refractivity contribution is 7.54. The summed E-state index contributed by atoms with van der Waals surface area (Å²) in [7, 11) is -4.04. The molecule has 5 atom stereocenters. The molecule has 2 aromatic rings. The van der Waals surface area contributed by atoms with Crippen LogP contribution in [0.1, 0.15) is 31.9 Å². The normalized spacial score (nSPS) is 30.1. The Bertz CT molecular complexity index is 936. The number of anilines is 1. The summed E-state index contributed by atoms with van der Waals surface area (Å²) in [4.78, 5) is 21.8. The first kappa shape index (κ1) is 20.9. The predicted molar refractivity (Wildman–Crippen MR) is 102 cm³/mol. The highest BCUT2D eigenvalue weighted by Crippen LogP contribution is 2.42. The van der Waals surface area contributed by atoms with Crippen LogP contribution in [0.3, 0.4) is 0 Å². The zero-order valence-corrected chi connectivity index (χ0v) is 17.0. The maximum absolute atomic E-state index is 14.8. The summed E-state index contributed by atoms with van der Waals surface area (Å²) in [6, 6.07) is 0.256. The topological polar surface area (TPSA) is 132 Å². The van der Waals surface area contributed by atoms with Crippen LogP contribution in [0.2, 0.25) is 5.28 Å². The Labute approximate surface area is 170 Å². The SMILES string of the molecule is [CH2]P(=O)(O)OC[C@H]1O[C@@H](n2cnc3c(NC4CCCC4)nc(Cl)nc32)[C@@H](F)[C@@H]1O. The summed E-state index contributed by atoms with van der Waals surface area (Å²) < 4.78 is 37.5. The van der Waals surface area contributed by atoms with Gasteiger partial charge in [-0.05, 0) is 24.4 Å². The summed E-state index contributed by atoms with van der Waals surface area (Å²) in [5.74, 6) is 0.456. The molecule has 4 rings (SSSR count). The molecule has 159 valence electrons. The second-order valence-corrected chi connectivity index (χ2v) is 9.10. The van der Waals surface area contributed by atoms with Gasteiger partial charge in [-0.2, -0.15) is 9.97 Å². The predicted octanol–water partition coefficient (Wildman–Crippen LogP) is 2.42. The summed E-state index contributed by atoms with van der Waals surface area (Å²) in [6.07, 6.45) is -0.234. The van der Waals surface area contributed by atoms with Crippen LogP contribution in [0.15, 0.2) is 6.33 Å². The Morgan fingerprint density at radius 1 is 1.45 bits per heavy atom. The molecule has 3 N–H and O–H groups in total. The molecule has 10 nitrogen and oxygen atoms in total. The van der Waals surface area contributed by atoms with E-state index in [0.717, 1.165) is 25.7 Å². The van der Waals surface area contributed by atoms with Crippen molar-refractivity contribution < 1.29 is 28.2 Å². The number of alkyl halides is 1. The van der Waals surface area contributed by atoms with E-state index in [1.54, 1.807) is 0 Å². The molecule has 1 aliphatic carbocycles. The molecule has 0 amide bonds. The van der Waals surface area contributed by atoms with Crippen molar-refractivity contribution >= 4 is 36.2 Å². The molecule has 0 bridgehead atoms. The lowest BCUT2D eigenvalue weighted by atomic mass is 10.1. The van der Waals surface area contributed by atoms with Gasteiger partial charge in [0, 0.05) is 6.04 Å². The number of fused-ring (bicyclic) bond motifs is 1. The van der Waals surface area contributed by atoms with Crippen molar-refractivity contribution in [3.8, 4) is 0 Å². The number of hydrogen-bond acceptors (Lipinski definition) is 8. The van der Waals surface area contributed by atoms with Crippen molar-refractivity contribution in [2.45, 2.75) is 56.3 Å². The zero-order chi connectivity index (χ0) is 20.8. The number of halogens is 2. The fraction of sp³-hybridized carbons (Fsp3) is 0.625. The van der Waals surface area contributed by atoms with Crippen LogP contribution in [0.5, 0.6) is 0 Å². The molecule has 1 radical (unpaired) electrons. The average Bonchev–Trinajstić information content (AvgIpc) is 3.35. The molecule has 3 heterocycles. The molecule has 0 aromatic carbocycles. The van der Waals surface area contributed by atoms with Crippen LogP contribution in [0.4, 0.5) is 10.2 Å². The minimum atomic E-state index is -4.04. The number of nitrogens with one attached hydrogen (secondary N) is 1. The molecule has 0 spiro atoms. The van der Waals surface area contributed by atoms with Gasteiger partial charge in [0.25, 0.3) is 0 Å². The molecule has 1 aliphatic heterocycles. The van der Waals surface area contributed by atoms with Crippen LogP contribution in [-0.2, 0) is 13.8 Å². The first-order valence-corrected chi connectivity index (χ1v) is 11.3. The van der Waals surface area contributed by atoms with E-state index in [1.165, 1.54) is 10.9 Å². The quantitative estimate of drug-likeness (QED) is 0.450. The van der Waals surface area contributed by atoms with Crippen LogP contribution in [0.25, 0.3) is 11.2 Å². The van der Waals surface area contributed by atoms with Gasteiger partial charge < -0.3 is 24.6 Å². The maximum atomic E-state index is 14.8. The third kappa shape index (κ3) is 4.40. The van der Waals surface area contributed by atoms with E-state index in [-0.39, 0.29) is 17.0 Å². The number of nitrogens with zero attached hydrogens (tertiary/aromatic N) is 4. The molecule has 2 fully saturated rings. The molecule has 2 aliphatic rings. The van der Waals surface area contributed by atoms with Crippen LogP contribution < -0.4 is 5.32 Å². The van der Waals surface area contributed by atoms with Crippen molar-refractivity contribution in [2.75, 3.05) is 11.9 Å². The van der Waals surface area contributed by atoms with Crippen molar-refractivity contribution in [1.29, 1.82) is 0 Å². The number of aromatic nitrogens is 4. The number of rotatable bonds is 6. The maximum Gasteiger partial charge on any atom is 0.328 e. The van der Waals surface area contributed by atoms with E-state index in [1.807, 2.05) is 0 Å². The molecular formula is C16H21ClFN5O5P. The zero-order valence-electron chi connectivity index (χ0n) is 15.3. The largest absolute Gasteiger partial charge is 0.387 e. The number of aliphatic hydroxyl groups is 1. The van der Waals surface area contributed by atoms with Gasteiger partial charge in [-0.1, -0.05) is 12.8 Å². The number of aliphatic hydroxyl groups excluding tert-OH is 1. The van der Waals surface area contributed by atoms with Crippen molar-refractivity contribution in [3.63, 3.8) is 0 Å². The molecule has 1 saturated heterocycles. The molecule has 1 saturated carbocycles. The van der Waals surface area contributed by atoms with Gasteiger partial charge in [-0.15, -0.1) is 0 Å². The van der Waals surface area contributed by atoms with Crippen LogP contribution in [0, 0.1) is 6.66 Å². The van der Waals surface area contributed by atoms with E-state index in [9.17, 15) is 14.1 Å².